The van der Waals surface area contributed by atoms with E-state index in [2.05, 4.69) is 5.32 Å². The van der Waals surface area contributed by atoms with Crippen molar-refractivity contribution in [1.82, 2.24) is 0 Å². The topological polar surface area (TPSA) is 92.3 Å². The van der Waals surface area contributed by atoms with Gasteiger partial charge in [-0.3, -0.25) is 0 Å². The number of hydrogen-bond donors (Lipinski definition) is 1. The average molecular weight is 453 g/mol. The smallest absolute Gasteiger partial charge is 0.338 e. The number of esters is 2. The summed E-state index contributed by atoms with van der Waals surface area (Å²) in [6.45, 7) is 3.92. The first-order chi connectivity index (χ1) is 16.0. The molecule has 8 heteroatoms. The van der Waals surface area contributed by atoms with Gasteiger partial charge in [-0.15, -0.1) is 0 Å². The summed E-state index contributed by atoms with van der Waals surface area (Å²) in [6, 6.07) is 12.2. The number of fused-ring (bicyclic) bond motifs is 1. The van der Waals surface area contributed by atoms with Gasteiger partial charge in [0.1, 0.15) is 0 Å². The highest BCUT2D eigenvalue weighted by molar-refractivity contribution is 6.08. The molecular weight excluding hydrogens is 426 g/mol. The fourth-order valence-corrected chi connectivity index (χ4v) is 3.51. The molecule has 0 bridgehead atoms. The third-order valence-electron chi connectivity index (χ3n) is 4.96. The highest BCUT2D eigenvalue weighted by Crippen LogP contribution is 2.41. The van der Waals surface area contributed by atoms with Crippen LogP contribution in [0.5, 0.6) is 17.2 Å². The van der Waals surface area contributed by atoms with E-state index in [0.717, 1.165) is 0 Å². The normalized spacial score (nSPS) is 10.5. The molecule has 3 rings (SSSR count). The van der Waals surface area contributed by atoms with Gasteiger partial charge < -0.3 is 29.0 Å². The molecule has 174 valence electrons. The number of anilines is 2. The van der Waals surface area contributed by atoms with Crippen molar-refractivity contribution in [1.29, 1.82) is 0 Å². The highest BCUT2D eigenvalue weighted by Gasteiger charge is 2.25. The summed E-state index contributed by atoms with van der Waals surface area (Å²) in [5.41, 5.74) is 3.22. The standard InChI is InChI=1S/C25H27NO7/c1-6-32-24(27)19-14-20(25(28)33-7-2)18-11-9-15(8-10-17(18)19)26-16-12-21(29-3)23(31-5)22(13-16)30-4/h8-14,26H,6-7H2,1-5H3. The molecule has 0 unspecified atom stereocenters. The Morgan fingerprint density at radius 2 is 1.18 bits per heavy atom. The van der Waals surface area contributed by atoms with Gasteiger partial charge in [-0.05, 0) is 43.2 Å². The summed E-state index contributed by atoms with van der Waals surface area (Å²) >= 11 is 0. The van der Waals surface area contributed by atoms with Gasteiger partial charge in [0.25, 0.3) is 0 Å². The van der Waals surface area contributed by atoms with E-state index in [1.54, 1.807) is 59.4 Å². The lowest BCUT2D eigenvalue weighted by atomic mass is 10.1. The Hall–Kier alpha value is -3.94. The van der Waals surface area contributed by atoms with Gasteiger partial charge in [0.05, 0.1) is 45.7 Å². The summed E-state index contributed by atoms with van der Waals surface area (Å²) in [5, 5.41) is 3.29. The number of nitrogens with one attached hydrogen (secondary N) is 1. The second-order valence-electron chi connectivity index (χ2n) is 6.90. The maximum absolute atomic E-state index is 12.5. The molecular formula is C25H27NO7. The zero-order valence-electron chi connectivity index (χ0n) is 19.3. The number of carbonyl (C=O) groups is 2. The molecule has 0 radical (unpaired) electrons. The minimum absolute atomic E-state index is 0.229. The minimum Gasteiger partial charge on any atom is -0.493 e. The van der Waals surface area contributed by atoms with Gasteiger partial charge in [-0.1, -0.05) is 12.1 Å². The van der Waals surface area contributed by atoms with Crippen LogP contribution >= 0.6 is 0 Å². The van der Waals surface area contributed by atoms with Gasteiger partial charge in [0.15, 0.2) is 11.5 Å². The van der Waals surface area contributed by atoms with Crippen LogP contribution in [0.2, 0.25) is 0 Å². The number of rotatable bonds is 9. The van der Waals surface area contributed by atoms with E-state index in [-0.39, 0.29) is 13.2 Å². The third kappa shape index (κ3) is 4.95. The summed E-state index contributed by atoms with van der Waals surface area (Å²) < 4.78 is 26.5. The number of methoxy groups -OCH3 is 3. The van der Waals surface area contributed by atoms with E-state index in [1.807, 2.05) is 12.1 Å². The minimum atomic E-state index is -0.497. The van der Waals surface area contributed by atoms with Crippen LogP contribution in [0, 0.1) is 0 Å². The van der Waals surface area contributed by atoms with Crippen molar-refractivity contribution in [3.8, 4) is 28.4 Å². The molecule has 1 aromatic carbocycles. The van der Waals surface area contributed by atoms with Crippen molar-refractivity contribution >= 4 is 23.3 Å². The molecule has 0 saturated heterocycles. The maximum Gasteiger partial charge on any atom is 0.338 e. The molecule has 1 aromatic rings. The quantitative estimate of drug-likeness (QED) is 0.457. The molecule has 0 saturated carbocycles. The fourth-order valence-electron chi connectivity index (χ4n) is 3.51. The van der Waals surface area contributed by atoms with Gasteiger partial charge in [-0.25, -0.2) is 9.59 Å². The molecule has 2 aliphatic rings. The van der Waals surface area contributed by atoms with E-state index in [0.29, 0.717) is 50.9 Å². The Morgan fingerprint density at radius 1 is 0.697 bits per heavy atom. The van der Waals surface area contributed by atoms with Crippen molar-refractivity contribution in [2.45, 2.75) is 13.8 Å². The first-order valence-corrected chi connectivity index (χ1v) is 10.4. The lowest BCUT2D eigenvalue weighted by Crippen LogP contribution is -2.05. The molecule has 2 aliphatic carbocycles. The maximum atomic E-state index is 12.5. The fraction of sp³-hybridized carbons (Fsp3) is 0.280. The Kier molecular flexibility index (Phi) is 7.61. The van der Waals surface area contributed by atoms with E-state index in [1.165, 1.54) is 6.07 Å². The first-order valence-electron chi connectivity index (χ1n) is 10.4. The van der Waals surface area contributed by atoms with Crippen LogP contribution < -0.4 is 19.5 Å². The number of hydrogen-bond acceptors (Lipinski definition) is 8. The summed E-state index contributed by atoms with van der Waals surface area (Å²) in [7, 11) is 4.63. The van der Waals surface area contributed by atoms with Crippen molar-refractivity contribution in [2.75, 3.05) is 39.9 Å². The molecule has 0 fully saturated rings. The SMILES string of the molecule is CCOC(=O)c1cc(C(=O)OCC)c2ccc(Nc3cc(OC)c(OC)c(OC)c3)ccc1-2. The largest absolute Gasteiger partial charge is 0.493 e. The zero-order valence-corrected chi connectivity index (χ0v) is 19.3. The van der Waals surface area contributed by atoms with Gasteiger partial charge >= 0.3 is 11.9 Å². The second-order valence-corrected chi connectivity index (χ2v) is 6.90. The average Bonchev–Trinajstić information content (AvgIpc) is 3.07. The first kappa shape index (κ1) is 23.7. The van der Waals surface area contributed by atoms with Crippen molar-refractivity contribution in [2.24, 2.45) is 0 Å². The van der Waals surface area contributed by atoms with Crippen LogP contribution in [0.15, 0.2) is 42.5 Å². The Balaban J connectivity index is 2.06. The highest BCUT2D eigenvalue weighted by atomic mass is 16.5. The zero-order chi connectivity index (χ0) is 24.0. The Labute approximate surface area is 192 Å². The van der Waals surface area contributed by atoms with Gasteiger partial charge in [-0.2, -0.15) is 0 Å². The number of benzene rings is 1. The van der Waals surface area contributed by atoms with E-state index in [4.69, 9.17) is 23.7 Å². The molecule has 8 nitrogen and oxygen atoms in total. The molecule has 0 heterocycles. The monoisotopic (exact) mass is 453 g/mol. The lowest BCUT2D eigenvalue weighted by molar-refractivity contribution is 0.0525. The van der Waals surface area contributed by atoms with Crippen LogP contribution in [0.1, 0.15) is 34.6 Å². The van der Waals surface area contributed by atoms with Gasteiger partial charge in [0, 0.05) is 23.5 Å². The van der Waals surface area contributed by atoms with Crippen LogP contribution in [0.3, 0.4) is 0 Å². The van der Waals surface area contributed by atoms with E-state index >= 15 is 0 Å². The van der Waals surface area contributed by atoms with E-state index in [9.17, 15) is 9.59 Å². The summed E-state index contributed by atoms with van der Waals surface area (Å²) in [5.74, 6) is 0.507. The number of carbonyl (C=O) groups excluding carboxylic acids is 2. The van der Waals surface area contributed by atoms with Crippen molar-refractivity contribution in [3.63, 3.8) is 0 Å². The van der Waals surface area contributed by atoms with Gasteiger partial charge in [0.2, 0.25) is 5.75 Å². The van der Waals surface area contributed by atoms with Crippen LogP contribution in [-0.2, 0) is 9.47 Å². The molecule has 1 N–H and O–H groups in total. The summed E-state index contributed by atoms with van der Waals surface area (Å²) in [6.07, 6.45) is 0. The molecule has 0 atom stereocenters. The van der Waals surface area contributed by atoms with E-state index < -0.39 is 11.9 Å². The third-order valence-corrected chi connectivity index (χ3v) is 4.96. The number of ether oxygens (including phenoxy) is 5. The predicted molar refractivity (Wildman–Crippen MR) is 124 cm³/mol. The Bertz CT molecular complexity index is 1050. The van der Waals surface area contributed by atoms with Crippen LogP contribution in [-0.4, -0.2) is 46.5 Å². The van der Waals surface area contributed by atoms with Crippen LogP contribution in [0.4, 0.5) is 11.4 Å². The van der Waals surface area contributed by atoms with Crippen molar-refractivity contribution in [3.05, 3.63) is 53.6 Å². The van der Waals surface area contributed by atoms with Crippen LogP contribution in [0.25, 0.3) is 11.1 Å². The molecule has 0 spiro atoms. The predicted octanol–water partition coefficient (Wildman–Crippen LogP) is 4.91. The van der Waals surface area contributed by atoms with Crippen molar-refractivity contribution < 1.29 is 33.3 Å². The molecule has 0 amide bonds. The lowest BCUT2D eigenvalue weighted by Gasteiger charge is -2.14. The molecule has 33 heavy (non-hydrogen) atoms. The second kappa shape index (κ2) is 10.6. The molecule has 0 aromatic heterocycles. The Morgan fingerprint density at radius 3 is 1.58 bits per heavy atom. The summed E-state index contributed by atoms with van der Waals surface area (Å²) in [4.78, 5) is 25.0. The molecule has 0 aliphatic heterocycles.